The predicted molar refractivity (Wildman–Crippen MR) is 127 cm³/mol. The van der Waals surface area contributed by atoms with Crippen molar-refractivity contribution in [2.45, 2.75) is 39.7 Å². The molecule has 0 spiro atoms. The second kappa shape index (κ2) is 10.3. The Morgan fingerprint density at radius 2 is 2.07 bits per heavy atom. The number of guanidine groups is 1. The summed E-state index contributed by atoms with van der Waals surface area (Å²) in [6, 6.07) is 9.13. The smallest absolute Gasteiger partial charge is 0.191 e. The number of anilines is 1. The van der Waals surface area contributed by atoms with Gasteiger partial charge in [-0.15, -0.1) is 35.3 Å². The number of halogens is 1. The number of fused-ring (bicyclic) bond motifs is 1. The van der Waals surface area contributed by atoms with Gasteiger partial charge in [-0.05, 0) is 38.8 Å². The third-order valence-electron chi connectivity index (χ3n) is 4.95. The summed E-state index contributed by atoms with van der Waals surface area (Å²) in [6.45, 7) is 9.26. The summed E-state index contributed by atoms with van der Waals surface area (Å²) in [5.41, 5.74) is 3.97. The van der Waals surface area contributed by atoms with E-state index >= 15 is 0 Å². The van der Waals surface area contributed by atoms with Crippen molar-refractivity contribution >= 4 is 47.0 Å². The Morgan fingerprint density at radius 3 is 2.78 bits per heavy atom. The second-order valence-corrected chi connectivity index (χ2v) is 8.09. The Labute approximate surface area is 183 Å². The van der Waals surface area contributed by atoms with Gasteiger partial charge < -0.3 is 15.5 Å². The molecule has 148 valence electrons. The highest BCUT2D eigenvalue weighted by molar-refractivity contribution is 14.0. The van der Waals surface area contributed by atoms with Gasteiger partial charge in [0.25, 0.3) is 0 Å². The van der Waals surface area contributed by atoms with Crippen molar-refractivity contribution in [1.29, 1.82) is 0 Å². The molecule has 0 aliphatic carbocycles. The van der Waals surface area contributed by atoms with Gasteiger partial charge in [-0.1, -0.05) is 18.2 Å². The lowest BCUT2D eigenvalue weighted by molar-refractivity contribution is 0.625. The van der Waals surface area contributed by atoms with Gasteiger partial charge in [0.05, 0.1) is 10.7 Å². The molecule has 1 unspecified atom stereocenters. The molecule has 0 amide bonds. The van der Waals surface area contributed by atoms with Crippen molar-refractivity contribution in [1.82, 2.24) is 15.6 Å². The Morgan fingerprint density at radius 1 is 1.30 bits per heavy atom. The van der Waals surface area contributed by atoms with Crippen molar-refractivity contribution in [2.24, 2.45) is 4.99 Å². The van der Waals surface area contributed by atoms with Gasteiger partial charge in [0.15, 0.2) is 5.96 Å². The van der Waals surface area contributed by atoms with Crippen LogP contribution in [-0.2, 0) is 12.8 Å². The van der Waals surface area contributed by atoms with Crippen LogP contribution >= 0.6 is 35.3 Å². The zero-order chi connectivity index (χ0) is 18.5. The van der Waals surface area contributed by atoms with Crippen LogP contribution in [0.2, 0.25) is 0 Å². The van der Waals surface area contributed by atoms with Gasteiger partial charge in [0.1, 0.15) is 0 Å². The van der Waals surface area contributed by atoms with Crippen molar-refractivity contribution < 1.29 is 0 Å². The van der Waals surface area contributed by atoms with E-state index in [1.807, 2.05) is 7.05 Å². The molecule has 1 aromatic heterocycles. The fourth-order valence-corrected chi connectivity index (χ4v) is 4.26. The van der Waals surface area contributed by atoms with Crippen molar-refractivity contribution in [3.8, 4) is 0 Å². The summed E-state index contributed by atoms with van der Waals surface area (Å²) in [6.07, 6.45) is 2.06. The first-order valence-corrected chi connectivity index (χ1v) is 10.1. The maximum absolute atomic E-state index is 4.59. The van der Waals surface area contributed by atoms with Crippen LogP contribution in [0, 0.1) is 13.8 Å². The molecule has 1 atom stereocenters. The number of benzene rings is 1. The molecule has 2 heterocycles. The Hall–Kier alpha value is -1.35. The summed E-state index contributed by atoms with van der Waals surface area (Å²) < 4.78 is 0. The maximum atomic E-state index is 4.59. The largest absolute Gasteiger partial charge is 0.366 e. The van der Waals surface area contributed by atoms with E-state index in [1.54, 1.807) is 11.3 Å². The summed E-state index contributed by atoms with van der Waals surface area (Å²) in [5.74, 6) is 0.856. The quantitative estimate of drug-likeness (QED) is 0.363. The Balaban J connectivity index is 0.00000261. The number of aliphatic imine (C=N–C) groups is 1. The van der Waals surface area contributed by atoms with Crippen LogP contribution in [-0.4, -0.2) is 43.7 Å². The van der Waals surface area contributed by atoms with Gasteiger partial charge >= 0.3 is 0 Å². The highest BCUT2D eigenvalue weighted by Crippen LogP contribution is 2.28. The zero-order valence-corrected chi connectivity index (χ0v) is 19.7. The SMILES string of the molecule is CN=C(NCCc1nc(C)c(C)s1)NCC(C)N1CCc2ccccc21.I. The number of thiazole rings is 1. The molecule has 0 radical (unpaired) electrons. The van der Waals surface area contributed by atoms with E-state index in [-0.39, 0.29) is 24.0 Å². The molecule has 7 heteroatoms. The Kier molecular flexibility index (Phi) is 8.34. The fraction of sp³-hybridized carbons (Fsp3) is 0.500. The summed E-state index contributed by atoms with van der Waals surface area (Å²) in [5, 5.41) is 8.04. The minimum atomic E-state index is 0. The summed E-state index contributed by atoms with van der Waals surface area (Å²) >= 11 is 1.78. The molecule has 27 heavy (non-hydrogen) atoms. The third-order valence-corrected chi connectivity index (χ3v) is 6.08. The van der Waals surface area contributed by atoms with Crippen LogP contribution in [0.3, 0.4) is 0 Å². The first-order valence-electron chi connectivity index (χ1n) is 9.30. The third kappa shape index (κ3) is 5.57. The van der Waals surface area contributed by atoms with Crippen LogP contribution in [0.25, 0.3) is 0 Å². The van der Waals surface area contributed by atoms with Crippen LogP contribution in [0.1, 0.15) is 28.1 Å². The number of aryl methyl sites for hydroxylation is 2. The van der Waals surface area contributed by atoms with Crippen LogP contribution in [0.5, 0.6) is 0 Å². The lowest BCUT2D eigenvalue weighted by Crippen LogP contribution is -2.46. The van der Waals surface area contributed by atoms with E-state index in [4.69, 9.17) is 0 Å². The van der Waals surface area contributed by atoms with E-state index in [2.05, 4.69) is 70.5 Å². The minimum Gasteiger partial charge on any atom is -0.366 e. The van der Waals surface area contributed by atoms with E-state index in [0.29, 0.717) is 6.04 Å². The highest BCUT2D eigenvalue weighted by Gasteiger charge is 2.22. The second-order valence-electron chi connectivity index (χ2n) is 6.80. The number of nitrogens with zero attached hydrogens (tertiary/aromatic N) is 3. The standard InChI is InChI=1S/C20H29N5S.HI/c1-14(25-12-10-17-7-5-6-8-18(17)25)13-23-20(21-4)22-11-9-19-24-15(2)16(3)26-19;/h5-8,14H,9-13H2,1-4H3,(H2,21,22,23);1H. The molecular weight excluding hydrogens is 469 g/mol. The monoisotopic (exact) mass is 499 g/mol. The van der Waals surface area contributed by atoms with Gasteiger partial charge in [-0.2, -0.15) is 0 Å². The molecule has 1 aromatic carbocycles. The van der Waals surface area contributed by atoms with Crippen LogP contribution in [0.15, 0.2) is 29.3 Å². The lowest BCUT2D eigenvalue weighted by atomic mass is 10.2. The zero-order valence-electron chi connectivity index (χ0n) is 16.6. The summed E-state index contributed by atoms with van der Waals surface area (Å²) in [4.78, 5) is 12.7. The first kappa shape index (κ1) is 21.9. The normalized spacial score (nSPS) is 14.5. The van der Waals surface area contributed by atoms with E-state index in [0.717, 1.165) is 44.1 Å². The van der Waals surface area contributed by atoms with Gasteiger partial charge in [0, 0.05) is 49.7 Å². The molecule has 5 nitrogen and oxygen atoms in total. The molecule has 1 aliphatic rings. The summed E-state index contributed by atoms with van der Waals surface area (Å²) in [7, 11) is 1.82. The van der Waals surface area contributed by atoms with E-state index in [9.17, 15) is 0 Å². The maximum Gasteiger partial charge on any atom is 0.191 e. The number of hydrogen-bond donors (Lipinski definition) is 2. The molecule has 2 aromatic rings. The highest BCUT2D eigenvalue weighted by atomic mass is 127. The average molecular weight is 499 g/mol. The minimum absolute atomic E-state index is 0. The molecule has 0 saturated carbocycles. The van der Waals surface area contributed by atoms with Crippen molar-refractivity contribution in [2.75, 3.05) is 31.6 Å². The predicted octanol–water partition coefficient (Wildman–Crippen LogP) is 3.54. The van der Waals surface area contributed by atoms with E-state index in [1.165, 1.54) is 21.1 Å². The molecule has 2 N–H and O–H groups in total. The first-order chi connectivity index (χ1) is 12.6. The van der Waals surface area contributed by atoms with Gasteiger partial charge in [-0.3, -0.25) is 4.99 Å². The average Bonchev–Trinajstić information content (AvgIpc) is 3.21. The van der Waals surface area contributed by atoms with Crippen LogP contribution < -0.4 is 15.5 Å². The number of aromatic nitrogens is 1. The molecule has 3 rings (SSSR count). The molecule has 0 fully saturated rings. The van der Waals surface area contributed by atoms with Crippen LogP contribution in [0.4, 0.5) is 5.69 Å². The molecule has 1 aliphatic heterocycles. The molecule has 0 bridgehead atoms. The number of nitrogens with one attached hydrogen (secondary N) is 2. The number of para-hydroxylation sites is 1. The topological polar surface area (TPSA) is 52.6 Å². The number of rotatable bonds is 6. The molecular formula is C20H30IN5S. The lowest BCUT2D eigenvalue weighted by Gasteiger charge is -2.28. The van der Waals surface area contributed by atoms with E-state index < -0.39 is 0 Å². The van der Waals surface area contributed by atoms with Gasteiger partial charge in [-0.25, -0.2) is 4.98 Å². The number of hydrogen-bond acceptors (Lipinski definition) is 4. The van der Waals surface area contributed by atoms with Crippen molar-refractivity contribution in [3.05, 3.63) is 45.4 Å². The Bertz CT molecular complexity index is 754. The van der Waals surface area contributed by atoms with Crippen molar-refractivity contribution in [3.63, 3.8) is 0 Å². The van der Waals surface area contributed by atoms with Gasteiger partial charge in [0.2, 0.25) is 0 Å². The molecule has 0 saturated heterocycles. The fourth-order valence-electron chi connectivity index (χ4n) is 3.33.